The van der Waals surface area contributed by atoms with E-state index < -0.39 is 0 Å². The van der Waals surface area contributed by atoms with Gasteiger partial charge in [-0.05, 0) is 60.7 Å². The Balaban J connectivity index is 1.02. The molecule has 0 bridgehead atoms. The van der Waals surface area contributed by atoms with E-state index in [0.29, 0.717) is 34.4 Å². The molecule has 0 aliphatic rings. The molecule has 11 rings (SSSR count). The van der Waals surface area contributed by atoms with Crippen molar-refractivity contribution in [2.75, 3.05) is 9.80 Å². The van der Waals surface area contributed by atoms with Gasteiger partial charge in [-0.1, -0.05) is 36.4 Å². The van der Waals surface area contributed by atoms with E-state index in [1.165, 1.54) is 0 Å². The summed E-state index contributed by atoms with van der Waals surface area (Å²) in [5.74, 6) is 1.84. The number of anilines is 6. The summed E-state index contributed by atoms with van der Waals surface area (Å²) in [4.78, 5) is 13.8. The summed E-state index contributed by atoms with van der Waals surface area (Å²) in [5.41, 5.74) is 7.39. The first-order valence-corrected chi connectivity index (χ1v) is 16.4. The summed E-state index contributed by atoms with van der Waals surface area (Å²) >= 11 is 0. The molecule has 0 spiro atoms. The van der Waals surface area contributed by atoms with Crippen LogP contribution in [0.25, 0.3) is 66.1 Å². The largest absolute Gasteiger partial charge is 0.456 e. The Morgan fingerprint density at radius 3 is 1.65 bits per heavy atom. The quantitative estimate of drug-likeness (QED) is 0.172. The van der Waals surface area contributed by atoms with E-state index in [1.807, 2.05) is 113 Å². The molecule has 51 heavy (non-hydrogen) atoms. The molecule has 7 heterocycles. The summed E-state index contributed by atoms with van der Waals surface area (Å²) in [6, 6.07) is 41.7. The van der Waals surface area contributed by atoms with Gasteiger partial charge in [-0.2, -0.15) is 4.98 Å². The van der Waals surface area contributed by atoms with Gasteiger partial charge in [0.25, 0.3) is 0 Å². The van der Waals surface area contributed by atoms with Crippen LogP contribution in [0.15, 0.2) is 168 Å². The summed E-state index contributed by atoms with van der Waals surface area (Å²) < 4.78 is 30.7. The number of hydrogen-bond acceptors (Lipinski definition) is 9. The lowest BCUT2D eigenvalue weighted by atomic mass is 10.1. The Labute approximate surface area is 288 Å². The Morgan fingerprint density at radius 1 is 0.431 bits per heavy atom. The molecule has 0 saturated carbocycles. The van der Waals surface area contributed by atoms with Gasteiger partial charge in [0.2, 0.25) is 17.5 Å². The van der Waals surface area contributed by atoms with Gasteiger partial charge in [-0.25, -0.2) is 4.98 Å². The second kappa shape index (κ2) is 10.6. The number of nitrogens with zero attached hydrogens (tertiary/aromatic N) is 4. The van der Waals surface area contributed by atoms with Crippen LogP contribution in [0, 0.1) is 0 Å². The average Bonchev–Trinajstić information content (AvgIpc) is 4.01. The van der Waals surface area contributed by atoms with Crippen molar-refractivity contribution in [2.24, 2.45) is 0 Å². The number of hydrogen-bond donors (Lipinski definition) is 0. The number of pyridine rings is 2. The first-order chi connectivity index (χ1) is 25.2. The summed E-state index contributed by atoms with van der Waals surface area (Å²) in [5, 5.41) is 5.01. The highest BCUT2D eigenvalue weighted by atomic mass is 16.4. The molecule has 0 fully saturated rings. The molecule has 0 amide bonds. The van der Waals surface area contributed by atoms with Gasteiger partial charge in [-0.15, -0.1) is 0 Å². The maximum absolute atomic E-state index is 6.44. The zero-order valence-corrected chi connectivity index (χ0v) is 26.7. The van der Waals surface area contributed by atoms with Crippen LogP contribution in [0.4, 0.5) is 34.6 Å². The van der Waals surface area contributed by atoms with Crippen LogP contribution in [-0.4, -0.2) is 9.97 Å². The minimum absolute atomic E-state index is 0.446. The molecule has 0 N–H and O–H groups in total. The van der Waals surface area contributed by atoms with Crippen LogP contribution in [0.2, 0.25) is 0 Å². The predicted octanol–water partition coefficient (Wildman–Crippen LogP) is 12.3. The standard InChI is InChI=1S/C42H24N4O5/c1-3-9-33-28(7-1)30-15-13-25(21-35(30)49-33)45(39-11-5-19-47-39)27-23-37-41(43-24-27)32-17-18-38(44-42(32)51-37)46(40-12-6-20-48-40)26-14-16-31-29-8-2-4-10-34(29)50-36(31)22-26/h1-24H. The highest BCUT2D eigenvalue weighted by Crippen LogP contribution is 2.42. The zero-order chi connectivity index (χ0) is 33.5. The van der Waals surface area contributed by atoms with Crippen LogP contribution in [0.1, 0.15) is 0 Å². The van der Waals surface area contributed by atoms with Crippen LogP contribution in [-0.2, 0) is 0 Å². The topological polar surface area (TPSA) is 98.0 Å². The minimum atomic E-state index is 0.446. The third-order valence-corrected chi connectivity index (χ3v) is 9.33. The van der Waals surface area contributed by atoms with E-state index in [4.69, 9.17) is 32.1 Å². The second-order valence-electron chi connectivity index (χ2n) is 12.3. The Hall–Kier alpha value is -7.26. The fraction of sp³-hybridized carbons (Fsp3) is 0. The maximum atomic E-state index is 6.44. The van der Waals surface area contributed by atoms with Crippen molar-refractivity contribution in [3.05, 3.63) is 146 Å². The molecule has 11 aromatic rings. The number of furan rings is 5. The number of benzene rings is 4. The number of para-hydroxylation sites is 2. The van der Waals surface area contributed by atoms with Gasteiger partial charge in [0, 0.05) is 51.9 Å². The highest BCUT2D eigenvalue weighted by molar-refractivity contribution is 6.08. The Morgan fingerprint density at radius 2 is 1.00 bits per heavy atom. The van der Waals surface area contributed by atoms with E-state index in [9.17, 15) is 0 Å². The fourth-order valence-electron chi connectivity index (χ4n) is 7.03. The van der Waals surface area contributed by atoms with E-state index in [0.717, 1.165) is 66.3 Å². The van der Waals surface area contributed by atoms with Gasteiger partial charge < -0.3 is 22.1 Å². The average molecular weight is 665 g/mol. The maximum Gasteiger partial charge on any atom is 0.230 e. The number of rotatable bonds is 6. The van der Waals surface area contributed by atoms with E-state index in [-0.39, 0.29) is 0 Å². The van der Waals surface area contributed by atoms with E-state index in [1.54, 1.807) is 12.5 Å². The highest BCUT2D eigenvalue weighted by Gasteiger charge is 2.23. The summed E-state index contributed by atoms with van der Waals surface area (Å²) in [7, 11) is 0. The van der Waals surface area contributed by atoms with E-state index >= 15 is 0 Å². The number of fused-ring (bicyclic) bond motifs is 9. The molecule has 0 radical (unpaired) electrons. The van der Waals surface area contributed by atoms with Gasteiger partial charge in [-0.3, -0.25) is 9.80 Å². The van der Waals surface area contributed by atoms with Crippen LogP contribution in [0.3, 0.4) is 0 Å². The van der Waals surface area contributed by atoms with Crippen molar-refractivity contribution in [3.8, 4) is 0 Å². The molecule has 0 saturated heterocycles. The predicted molar refractivity (Wildman–Crippen MR) is 198 cm³/mol. The van der Waals surface area contributed by atoms with Gasteiger partial charge in [0.15, 0.2) is 5.58 Å². The second-order valence-corrected chi connectivity index (χ2v) is 12.3. The summed E-state index contributed by atoms with van der Waals surface area (Å²) in [6.07, 6.45) is 5.11. The SMILES string of the molecule is c1coc(N(c2ccc3c(c2)oc2ccccc23)c2cnc3c(c2)oc2nc(N(c4ccc5c(c4)oc4ccccc45)c4ccco4)ccc23)c1. The van der Waals surface area contributed by atoms with Gasteiger partial charge in [0.1, 0.15) is 33.7 Å². The molecule has 0 aliphatic carbocycles. The third kappa shape index (κ3) is 4.28. The molecule has 4 aromatic carbocycles. The molecule has 9 heteroatoms. The monoisotopic (exact) mass is 664 g/mol. The first kappa shape index (κ1) is 27.7. The molecule has 0 atom stereocenters. The van der Waals surface area contributed by atoms with Gasteiger partial charge >= 0.3 is 0 Å². The van der Waals surface area contributed by atoms with E-state index in [2.05, 4.69) is 30.3 Å². The van der Waals surface area contributed by atoms with Gasteiger partial charge in [0.05, 0.1) is 41.2 Å². The third-order valence-electron chi connectivity index (χ3n) is 9.33. The minimum Gasteiger partial charge on any atom is -0.456 e. The summed E-state index contributed by atoms with van der Waals surface area (Å²) in [6.45, 7) is 0. The van der Waals surface area contributed by atoms with Crippen molar-refractivity contribution in [1.82, 2.24) is 9.97 Å². The normalized spacial score (nSPS) is 11.9. The van der Waals surface area contributed by atoms with Crippen LogP contribution in [0.5, 0.6) is 0 Å². The smallest absolute Gasteiger partial charge is 0.230 e. The van der Waals surface area contributed by atoms with Crippen LogP contribution >= 0.6 is 0 Å². The molecule has 0 unspecified atom stereocenters. The number of aromatic nitrogens is 2. The molecular weight excluding hydrogens is 640 g/mol. The van der Waals surface area contributed by atoms with Crippen LogP contribution < -0.4 is 9.80 Å². The zero-order valence-electron chi connectivity index (χ0n) is 26.7. The molecule has 242 valence electrons. The molecular formula is C42H24N4O5. The van der Waals surface area contributed by atoms with Crippen molar-refractivity contribution < 1.29 is 22.1 Å². The fourth-order valence-corrected chi connectivity index (χ4v) is 7.03. The Kier molecular flexibility index (Phi) is 5.76. The first-order valence-electron chi connectivity index (χ1n) is 16.4. The van der Waals surface area contributed by atoms with Crippen molar-refractivity contribution >= 4 is 101 Å². The molecule has 7 aromatic heterocycles. The lowest BCUT2D eigenvalue weighted by Crippen LogP contribution is -2.10. The van der Waals surface area contributed by atoms with Crippen molar-refractivity contribution in [1.29, 1.82) is 0 Å². The lowest BCUT2D eigenvalue weighted by molar-refractivity contribution is 0.572. The van der Waals surface area contributed by atoms with Crippen molar-refractivity contribution in [3.63, 3.8) is 0 Å². The lowest BCUT2D eigenvalue weighted by Gasteiger charge is -2.21. The molecule has 0 aliphatic heterocycles. The molecule has 9 nitrogen and oxygen atoms in total. The van der Waals surface area contributed by atoms with Crippen molar-refractivity contribution in [2.45, 2.75) is 0 Å². The Bertz CT molecular complexity index is 2860.